The van der Waals surface area contributed by atoms with E-state index in [-0.39, 0.29) is 0 Å². The molecule has 2 heterocycles. The first-order valence-electron chi connectivity index (χ1n) is 5.39. The number of methoxy groups -OCH3 is 1. The van der Waals surface area contributed by atoms with Crippen LogP contribution in [0.25, 0.3) is 0 Å². The lowest BCUT2D eigenvalue weighted by atomic mass is 10.1. The van der Waals surface area contributed by atoms with Crippen LogP contribution in [-0.2, 0) is 19.0 Å². The summed E-state index contributed by atoms with van der Waals surface area (Å²) < 4.78 is 15.0. The SMILES string of the molecule is COC(=O)C(O)C(O)c1csc(C2OCCO2)c1. The molecule has 2 N–H and O–H groups in total. The number of aliphatic hydroxyl groups excluding tert-OH is 2. The summed E-state index contributed by atoms with van der Waals surface area (Å²) in [5.74, 6) is -0.872. The highest BCUT2D eigenvalue weighted by atomic mass is 32.1. The number of rotatable bonds is 4. The smallest absolute Gasteiger partial charge is 0.337 e. The van der Waals surface area contributed by atoms with Crippen LogP contribution in [0.1, 0.15) is 22.8 Å². The molecule has 100 valence electrons. The maximum absolute atomic E-state index is 11.1. The van der Waals surface area contributed by atoms with E-state index in [4.69, 9.17) is 9.47 Å². The molecule has 1 saturated heterocycles. The quantitative estimate of drug-likeness (QED) is 0.771. The van der Waals surface area contributed by atoms with Crippen LogP contribution < -0.4 is 0 Å². The van der Waals surface area contributed by atoms with Gasteiger partial charge in [0.25, 0.3) is 0 Å². The maximum atomic E-state index is 11.1. The van der Waals surface area contributed by atoms with Gasteiger partial charge in [-0.15, -0.1) is 11.3 Å². The van der Waals surface area contributed by atoms with Crippen LogP contribution in [-0.4, -0.2) is 42.6 Å². The molecule has 6 nitrogen and oxygen atoms in total. The van der Waals surface area contributed by atoms with Crippen molar-refractivity contribution in [3.63, 3.8) is 0 Å². The van der Waals surface area contributed by atoms with Crippen molar-refractivity contribution in [1.29, 1.82) is 0 Å². The van der Waals surface area contributed by atoms with Gasteiger partial charge in [0.1, 0.15) is 6.10 Å². The zero-order valence-corrected chi connectivity index (χ0v) is 10.6. The molecule has 7 heteroatoms. The molecule has 0 aromatic carbocycles. The molecule has 2 rings (SSSR count). The lowest BCUT2D eigenvalue weighted by Crippen LogP contribution is -2.28. The Balaban J connectivity index is 2.06. The van der Waals surface area contributed by atoms with Crippen LogP contribution in [0.2, 0.25) is 0 Å². The van der Waals surface area contributed by atoms with E-state index in [1.165, 1.54) is 11.3 Å². The number of ether oxygens (including phenoxy) is 3. The molecule has 2 atom stereocenters. The van der Waals surface area contributed by atoms with Crippen molar-refractivity contribution in [2.45, 2.75) is 18.5 Å². The number of thiophene rings is 1. The molecule has 0 radical (unpaired) electrons. The highest BCUT2D eigenvalue weighted by Crippen LogP contribution is 2.32. The van der Waals surface area contributed by atoms with Crippen LogP contribution in [0.5, 0.6) is 0 Å². The lowest BCUT2D eigenvalue weighted by Gasteiger charge is -2.14. The van der Waals surface area contributed by atoms with E-state index < -0.39 is 24.5 Å². The number of aliphatic hydroxyl groups is 2. The molecule has 0 spiro atoms. The Kier molecular flexibility index (Phi) is 4.31. The first kappa shape index (κ1) is 13.4. The third kappa shape index (κ3) is 2.70. The fourth-order valence-corrected chi connectivity index (χ4v) is 2.53. The van der Waals surface area contributed by atoms with E-state index in [0.29, 0.717) is 18.8 Å². The fraction of sp³-hybridized carbons (Fsp3) is 0.545. The molecule has 1 aliphatic rings. The number of esters is 1. The van der Waals surface area contributed by atoms with Gasteiger partial charge in [0.15, 0.2) is 12.4 Å². The van der Waals surface area contributed by atoms with Crippen LogP contribution in [0.4, 0.5) is 0 Å². The second-order valence-corrected chi connectivity index (χ2v) is 4.71. The zero-order chi connectivity index (χ0) is 13.1. The van der Waals surface area contributed by atoms with Crippen LogP contribution >= 0.6 is 11.3 Å². The molecule has 1 aromatic heterocycles. The van der Waals surface area contributed by atoms with Crippen molar-refractivity contribution < 1.29 is 29.2 Å². The number of hydrogen-bond acceptors (Lipinski definition) is 7. The predicted molar refractivity (Wildman–Crippen MR) is 61.9 cm³/mol. The Morgan fingerprint density at radius 3 is 2.78 bits per heavy atom. The number of carbonyl (C=O) groups excluding carboxylic acids is 1. The van der Waals surface area contributed by atoms with Crippen molar-refractivity contribution in [2.24, 2.45) is 0 Å². The van der Waals surface area contributed by atoms with E-state index in [1.807, 2.05) is 0 Å². The van der Waals surface area contributed by atoms with Gasteiger partial charge in [-0.2, -0.15) is 0 Å². The number of hydrogen-bond donors (Lipinski definition) is 2. The van der Waals surface area contributed by atoms with Crippen molar-refractivity contribution in [2.75, 3.05) is 20.3 Å². The summed E-state index contributed by atoms with van der Waals surface area (Å²) in [6.07, 6.45) is -3.34. The molecule has 0 aliphatic carbocycles. The second kappa shape index (κ2) is 5.77. The molecule has 1 aromatic rings. The van der Waals surface area contributed by atoms with E-state index in [2.05, 4.69) is 4.74 Å². The summed E-state index contributed by atoms with van der Waals surface area (Å²) in [7, 11) is 1.15. The van der Waals surface area contributed by atoms with Gasteiger partial charge in [-0.3, -0.25) is 0 Å². The van der Waals surface area contributed by atoms with Gasteiger partial charge in [0, 0.05) is 0 Å². The molecular weight excluding hydrogens is 260 g/mol. The summed E-state index contributed by atoms with van der Waals surface area (Å²) in [6, 6.07) is 1.65. The summed E-state index contributed by atoms with van der Waals surface area (Å²) in [6.45, 7) is 1.07. The molecule has 1 fully saturated rings. The third-order valence-electron chi connectivity index (χ3n) is 2.58. The van der Waals surface area contributed by atoms with E-state index in [0.717, 1.165) is 12.0 Å². The van der Waals surface area contributed by atoms with Gasteiger partial charge < -0.3 is 24.4 Å². The normalized spacial score (nSPS) is 19.7. The molecular formula is C11H14O6S. The van der Waals surface area contributed by atoms with Gasteiger partial charge in [0.2, 0.25) is 0 Å². The molecule has 0 bridgehead atoms. The summed E-state index contributed by atoms with van der Waals surface area (Å²) in [5.41, 5.74) is 0.437. The van der Waals surface area contributed by atoms with Crippen molar-refractivity contribution in [3.8, 4) is 0 Å². The Morgan fingerprint density at radius 2 is 2.17 bits per heavy atom. The van der Waals surface area contributed by atoms with Gasteiger partial charge in [-0.1, -0.05) is 0 Å². The van der Waals surface area contributed by atoms with Gasteiger partial charge in [-0.05, 0) is 17.0 Å². The maximum Gasteiger partial charge on any atom is 0.337 e. The van der Waals surface area contributed by atoms with Crippen molar-refractivity contribution >= 4 is 17.3 Å². The topological polar surface area (TPSA) is 85.2 Å². The van der Waals surface area contributed by atoms with Crippen LogP contribution in [0.15, 0.2) is 11.4 Å². The van der Waals surface area contributed by atoms with Gasteiger partial charge >= 0.3 is 5.97 Å². The molecule has 0 amide bonds. The largest absolute Gasteiger partial charge is 0.467 e. The average molecular weight is 274 g/mol. The van der Waals surface area contributed by atoms with Gasteiger partial charge in [0.05, 0.1) is 25.2 Å². The Morgan fingerprint density at radius 1 is 1.50 bits per heavy atom. The Hall–Kier alpha value is -0.990. The minimum Gasteiger partial charge on any atom is -0.467 e. The monoisotopic (exact) mass is 274 g/mol. The molecule has 1 aliphatic heterocycles. The first-order chi connectivity index (χ1) is 8.63. The minimum atomic E-state index is -1.59. The molecule has 0 saturated carbocycles. The Labute approximate surface area is 108 Å². The molecule has 18 heavy (non-hydrogen) atoms. The number of carbonyl (C=O) groups is 1. The summed E-state index contributed by atoms with van der Waals surface area (Å²) in [4.78, 5) is 11.9. The highest BCUT2D eigenvalue weighted by molar-refractivity contribution is 7.10. The zero-order valence-electron chi connectivity index (χ0n) is 9.74. The van der Waals surface area contributed by atoms with Gasteiger partial charge in [-0.25, -0.2) is 4.79 Å². The first-order valence-corrected chi connectivity index (χ1v) is 6.27. The van der Waals surface area contributed by atoms with Crippen molar-refractivity contribution in [3.05, 3.63) is 21.9 Å². The Bertz CT molecular complexity index is 411. The van der Waals surface area contributed by atoms with Crippen LogP contribution in [0.3, 0.4) is 0 Å². The van der Waals surface area contributed by atoms with Crippen LogP contribution in [0, 0.1) is 0 Å². The van der Waals surface area contributed by atoms with E-state index in [1.54, 1.807) is 11.4 Å². The molecule has 2 unspecified atom stereocenters. The average Bonchev–Trinajstić information content (AvgIpc) is 3.05. The second-order valence-electron chi connectivity index (χ2n) is 3.77. The fourth-order valence-electron chi connectivity index (χ4n) is 1.60. The highest BCUT2D eigenvalue weighted by Gasteiger charge is 2.28. The van der Waals surface area contributed by atoms with E-state index in [9.17, 15) is 15.0 Å². The summed E-state index contributed by atoms with van der Waals surface area (Å²) in [5, 5.41) is 21.0. The van der Waals surface area contributed by atoms with Crippen molar-refractivity contribution in [1.82, 2.24) is 0 Å². The standard InChI is InChI=1S/C11H14O6S/c1-15-10(14)9(13)8(12)6-4-7(18-5-6)11-16-2-3-17-11/h4-5,8-9,11-13H,2-3H2,1H3. The third-order valence-corrected chi connectivity index (χ3v) is 3.55. The lowest BCUT2D eigenvalue weighted by molar-refractivity contribution is -0.156. The van der Waals surface area contributed by atoms with E-state index >= 15 is 0 Å². The summed E-state index contributed by atoms with van der Waals surface area (Å²) >= 11 is 1.34. The minimum absolute atomic E-state index is 0.425. The predicted octanol–water partition coefficient (Wildman–Crippen LogP) is 0.361.